The fraction of sp³-hybridized carbons (Fsp3) is 0.250. The number of benzene rings is 3. The second kappa shape index (κ2) is 10.0. The van der Waals surface area contributed by atoms with Crippen molar-refractivity contribution in [1.29, 1.82) is 0 Å². The minimum Gasteiger partial charge on any atom is -0.384 e. The maximum atomic E-state index is 12.4. The van der Waals surface area contributed by atoms with Gasteiger partial charge in [-0.25, -0.2) is 13.4 Å². The number of aromatic nitrogens is 2. The van der Waals surface area contributed by atoms with Gasteiger partial charge in [-0.15, -0.1) is 0 Å². The number of halogens is 2. The Labute approximate surface area is 222 Å². The van der Waals surface area contributed by atoms with Gasteiger partial charge in [-0.05, 0) is 73.4 Å². The molecule has 1 heterocycles. The van der Waals surface area contributed by atoms with E-state index in [0.717, 1.165) is 27.9 Å². The molecule has 0 saturated heterocycles. The zero-order valence-corrected chi connectivity index (χ0v) is 22.9. The molecule has 0 aliphatic rings. The van der Waals surface area contributed by atoms with Crippen LogP contribution >= 0.6 is 23.2 Å². The third-order valence-corrected chi connectivity index (χ3v) is 8.74. The van der Waals surface area contributed by atoms with Gasteiger partial charge in [-0.1, -0.05) is 60.5 Å². The van der Waals surface area contributed by atoms with Crippen molar-refractivity contribution in [3.8, 4) is 16.8 Å². The van der Waals surface area contributed by atoms with Crippen molar-refractivity contribution < 1.29 is 13.5 Å². The van der Waals surface area contributed by atoms with Gasteiger partial charge in [-0.3, -0.25) is 0 Å². The number of rotatable bonds is 7. The average Bonchev–Trinajstić information content (AvgIpc) is 3.26. The van der Waals surface area contributed by atoms with Crippen LogP contribution in [-0.4, -0.2) is 28.8 Å². The van der Waals surface area contributed by atoms with Crippen molar-refractivity contribution in [2.45, 2.75) is 44.6 Å². The summed E-state index contributed by atoms with van der Waals surface area (Å²) in [5.41, 5.74) is 3.84. The largest absolute Gasteiger partial charge is 0.384 e. The van der Waals surface area contributed by atoms with Gasteiger partial charge in [-0.2, -0.15) is 0 Å². The molecular weight excluding hydrogens is 515 g/mol. The summed E-state index contributed by atoms with van der Waals surface area (Å²) in [4.78, 5) is 5.05. The maximum Gasteiger partial charge on any atom is 0.178 e. The third kappa shape index (κ3) is 5.37. The predicted octanol–water partition coefficient (Wildman–Crippen LogP) is 6.77. The number of aryl methyl sites for hydroxylation is 1. The first-order valence-electron chi connectivity index (χ1n) is 11.6. The molecule has 1 aromatic heterocycles. The van der Waals surface area contributed by atoms with E-state index >= 15 is 0 Å². The molecule has 0 fully saturated rings. The zero-order valence-electron chi connectivity index (χ0n) is 20.6. The molecule has 0 spiro atoms. The summed E-state index contributed by atoms with van der Waals surface area (Å²) in [5.74, 6) is 0.765. The first-order chi connectivity index (χ1) is 16.9. The molecule has 0 amide bonds. The first kappa shape index (κ1) is 26.4. The summed E-state index contributed by atoms with van der Waals surface area (Å²) in [6.07, 6.45) is 2.26. The monoisotopic (exact) mass is 542 g/mol. The van der Waals surface area contributed by atoms with Gasteiger partial charge in [0.1, 0.15) is 11.4 Å². The summed E-state index contributed by atoms with van der Waals surface area (Å²) < 4.78 is 26.7. The molecule has 4 rings (SSSR count). The predicted molar refractivity (Wildman–Crippen MR) is 146 cm³/mol. The Morgan fingerprint density at radius 3 is 2.36 bits per heavy atom. The summed E-state index contributed by atoms with van der Waals surface area (Å²) in [7, 11) is -3.30. The molecule has 0 radical (unpaired) electrons. The van der Waals surface area contributed by atoms with E-state index in [1.54, 1.807) is 45.0 Å². The van der Waals surface area contributed by atoms with Crippen molar-refractivity contribution in [1.82, 2.24) is 9.55 Å². The molecule has 0 atom stereocenters. The zero-order chi connectivity index (χ0) is 26.3. The fourth-order valence-corrected chi connectivity index (χ4v) is 5.36. The lowest BCUT2D eigenvalue weighted by Crippen LogP contribution is -2.16. The summed E-state index contributed by atoms with van der Waals surface area (Å²) in [6, 6.07) is 18.5. The van der Waals surface area contributed by atoms with Crippen LogP contribution in [0.15, 0.2) is 71.8 Å². The normalized spacial score (nSPS) is 12.2. The van der Waals surface area contributed by atoms with Crippen molar-refractivity contribution in [2.75, 3.05) is 5.75 Å². The minimum atomic E-state index is -3.30. The molecule has 0 aliphatic heterocycles. The van der Waals surface area contributed by atoms with E-state index in [-0.39, 0.29) is 5.75 Å². The van der Waals surface area contributed by atoms with E-state index in [4.69, 9.17) is 28.2 Å². The molecule has 0 unspecified atom stereocenters. The topological polar surface area (TPSA) is 72.2 Å². The molecule has 3 aromatic carbocycles. The maximum absolute atomic E-state index is 12.4. The summed E-state index contributed by atoms with van der Waals surface area (Å²) in [6.45, 7) is 7.03. The van der Waals surface area contributed by atoms with Gasteiger partial charge < -0.3 is 9.67 Å². The van der Waals surface area contributed by atoms with E-state index < -0.39 is 15.4 Å². The van der Waals surface area contributed by atoms with Crippen LogP contribution in [0, 0.1) is 6.92 Å². The van der Waals surface area contributed by atoms with Crippen molar-refractivity contribution in [3.05, 3.63) is 99.6 Å². The molecule has 4 aromatic rings. The Bertz CT molecular complexity index is 1540. The fourth-order valence-electron chi connectivity index (χ4n) is 4.04. The number of nitrogens with zero attached hydrogens (tertiary/aromatic N) is 2. The first-order valence-corrected chi connectivity index (χ1v) is 14.0. The van der Waals surface area contributed by atoms with E-state index in [0.29, 0.717) is 32.9 Å². The minimum absolute atomic E-state index is 0.0536. The van der Waals surface area contributed by atoms with E-state index in [1.807, 2.05) is 54.1 Å². The average molecular weight is 544 g/mol. The van der Waals surface area contributed by atoms with Crippen LogP contribution < -0.4 is 0 Å². The molecule has 188 valence electrons. The number of imidazole rings is 1. The van der Waals surface area contributed by atoms with Crippen molar-refractivity contribution in [3.63, 3.8) is 0 Å². The molecular formula is C28H28Cl2N2O3S. The van der Waals surface area contributed by atoms with Gasteiger partial charge >= 0.3 is 0 Å². The highest BCUT2D eigenvalue weighted by atomic mass is 35.5. The Hall–Kier alpha value is -2.64. The lowest BCUT2D eigenvalue weighted by atomic mass is 10.0. The van der Waals surface area contributed by atoms with Crippen LogP contribution in [0.2, 0.25) is 10.0 Å². The SMILES string of the molecule is CCS(=O)(=O)c1cccc(-c2ccc(-n3cc(C(C)(C)O)nc3Cc3cccc(Cl)c3Cl)c(C)c2)c1. The Morgan fingerprint density at radius 2 is 1.69 bits per heavy atom. The molecule has 1 N–H and O–H groups in total. The van der Waals surface area contributed by atoms with Crippen LogP contribution in [0.4, 0.5) is 0 Å². The smallest absolute Gasteiger partial charge is 0.178 e. The lowest BCUT2D eigenvalue weighted by Gasteiger charge is -2.14. The van der Waals surface area contributed by atoms with Crippen LogP contribution in [0.1, 0.15) is 43.4 Å². The Morgan fingerprint density at radius 1 is 1.00 bits per heavy atom. The molecule has 8 heteroatoms. The highest BCUT2D eigenvalue weighted by Crippen LogP contribution is 2.31. The number of aliphatic hydroxyl groups is 1. The third-order valence-electron chi connectivity index (χ3n) is 6.15. The van der Waals surface area contributed by atoms with Crippen LogP contribution in [0.3, 0.4) is 0 Å². The van der Waals surface area contributed by atoms with E-state index in [9.17, 15) is 13.5 Å². The number of sulfone groups is 1. The molecule has 0 saturated carbocycles. The highest BCUT2D eigenvalue weighted by Gasteiger charge is 2.23. The quantitative estimate of drug-likeness (QED) is 0.279. The second-order valence-electron chi connectivity index (χ2n) is 9.29. The standard InChI is InChI=1S/C28H28Cl2N2O3S/c1-5-36(34,35)22-10-6-8-19(15-22)20-12-13-24(18(2)14-20)32-17-25(28(3,4)33)31-26(32)16-21-9-7-11-23(29)27(21)30/h6-15,17,33H,5,16H2,1-4H3. The Kier molecular flexibility index (Phi) is 7.35. The van der Waals surface area contributed by atoms with E-state index in [1.165, 1.54) is 0 Å². The lowest BCUT2D eigenvalue weighted by molar-refractivity contribution is 0.0741. The van der Waals surface area contributed by atoms with Crippen molar-refractivity contribution >= 4 is 33.0 Å². The molecule has 0 aliphatic carbocycles. The van der Waals surface area contributed by atoms with Crippen LogP contribution in [0.25, 0.3) is 16.8 Å². The number of hydrogen-bond acceptors (Lipinski definition) is 4. The Balaban J connectivity index is 1.79. The van der Waals surface area contributed by atoms with Crippen LogP contribution in [0.5, 0.6) is 0 Å². The molecule has 5 nitrogen and oxygen atoms in total. The van der Waals surface area contributed by atoms with Gasteiger partial charge in [0.25, 0.3) is 0 Å². The van der Waals surface area contributed by atoms with Gasteiger partial charge in [0, 0.05) is 18.3 Å². The van der Waals surface area contributed by atoms with E-state index in [2.05, 4.69) is 0 Å². The number of hydrogen-bond donors (Lipinski definition) is 1. The van der Waals surface area contributed by atoms with Gasteiger partial charge in [0.15, 0.2) is 9.84 Å². The van der Waals surface area contributed by atoms with Crippen molar-refractivity contribution in [2.24, 2.45) is 0 Å². The second-order valence-corrected chi connectivity index (χ2v) is 12.4. The highest BCUT2D eigenvalue weighted by molar-refractivity contribution is 7.91. The molecule has 36 heavy (non-hydrogen) atoms. The van der Waals surface area contributed by atoms with Gasteiger partial charge in [0.2, 0.25) is 0 Å². The van der Waals surface area contributed by atoms with Gasteiger partial charge in [0.05, 0.1) is 26.4 Å². The summed E-state index contributed by atoms with van der Waals surface area (Å²) >= 11 is 12.7. The van der Waals surface area contributed by atoms with Crippen LogP contribution in [-0.2, 0) is 21.9 Å². The summed E-state index contributed by atoms with van der Waals surface area (Å²) in [5, 5.41) is 11.6. The molecule has 0 bridgehead atoms.